The molecule has 50 heavy (non-hydrogen) atoms. The van der Waals surface area contributed by atoms with Crippen LogP contribution in [0, 0.1) is 0 Å². The van der Waals surface area contributed by atoms with Crippen LogP contribution < -0.4 is 16.6 Å². The van der Waals surface area contributed by atoms with Gasteiger partial charge >= 0.3 is 11.9 Å². The maximum Gasteiger partial charge on any atom is 0.356 e. The molecule has 0 saturated carbocycles. The number of aromatic nitrogens is 2. The van der Waals surface area contributed by atoms with Gasteiger partial charge in [0.25, 0.3) is 17.4 Å². The molecule has 2 amide bonds. The first-order valence-electron chi connectivity index (χ1n) is 15.1. The number of carbonyl (C=O) groups is 4. The summed E-state index contributed by atoms with van der Waals surface area (Å²) in [4.78, 5) is 76.2. The monoisotopic (exact) mass is 718 g/mol. The topological polar surface area (TPSA) is 198 Å². The third-order valence-corrected chi connectivity index (χ3v) is 9.77. The van der Waals surface area contributed by atoms with Gasteiger partial charge in [0.2, 0.25) is 0 Å². The van der Waals surface area contributed by atoms with Crippen molar-refractivity contribution in [1.82, 2.24) is 19.9 Å². The number of hydrogen-bond acceptors (Lipinski definition) is 14. The molecule has 1 saturated heterocycles. The van der Waals surface area contributed by atoms with Crippen molar-refractivity contribution in [2.45, 2.75) is 30.5 Å². The van der Waals surface area contributed by atoms with Crippen molar-refractivity contribution >= 4 is 57.7 Å². The average Bonchev–Trinajstić information content (AvgIpc) is 3.72. The fourth-order valence-electron chi connectivity index (χ4n) is 5.45. The zero-order chi connectivity index (χ0) is 35.4. The van der Waals surface area contributed by atoms with E-state index in [9.17, 15) is 24.0 Å². The summed E-state index contributed by atoms with van der Waals surface area (Å²) in [6.45, 7) is -0.220. The Labute approximate surface area is 292 Å². The Bertz CT molecular complexity index is 2000. The van der Waals surface area contributed by atoms with Crippen LogP contribution in [-0.4, -0.2) is 75.5 Å². The van der Waals surface area contributed by atoms with Gasteiger partial charge in [-0.05, 0) is 16.7 Å². The highest BCUT2D eigenvalue weighted by molar-refractivity contribution is 8.00. The van der Waals surface area contributed by atoms with Crippen molar-refractivity contribution in [2.75, 3.05) is 25.7 Å². The number of β-lactam (4-membered cyclic amide) rings is 1. The van der Waals surface area contributed by atoms with Crippen LogP contribution in [0.4, 0.5) is 5.13 Å². The van der Waals surface area contributed by atoms with Crippen LogP contribution in [0.2, 0.25) is 0 Å². The number of anilines is 1. The van der Waals surface area contributed by atoms with E-state index in [1.807, 2.05) is 60.7 Å². The first-order valence-corrected chi connectivity index (χ1v) is 17.0. The Kier molecular flexibility index (Phi) is 10.1. The predicted octanol–water partition coefficient (Wildman–Crippen LogP) is 2.23. The lowest BCUT2D eigenvalue weighted by Crippen LogP contribution is -2.71. The number of oxime groups is 1. The molecule has 0 radical (unpaired) electrons. The Hall–Kier alpha value is -5.68. The fraction of sp³-hybridized carbons (Fsp3) is 0.242. The van der Waals surface area contributed by atoms with E-state index in [-0.39, 0.29) is 46.7 Å². The SMILES string of the molecule is CO/N=C(\C(=O)NC1C(=O)N2C(C(=O)OC(c3ccccc3)c3ccccc3)=C(Cn3oc(CC(=O)OC)cc3=O)CS[C@H]12)c1csc(N)n1. The van der Waals surface area contributed by atoms with Gasteiger partial charge in [-0.25, -0.2) is 9.78 Å². The number of esters is 2. The normalized spacial score (nSPS) is 17.2. The number of carbonyl (C=O) groups excluding carboxylic acids is 4. The van der Waals surface area contributed by atoms with Crippen LogP contribution in [-0.2, 0) is 46.5 Å². The highest BCUT2D eigenvalue weighted by Gasteiger charge is 2.55. The van der Waals surface area contributed by atoms with Crippen LogP contribution in [0.15, 0.2) is 97.9 Å². The molecule has 2 aliphatic heterocycles. The molecule has 15 nitrogen and oxygen atoms in total. The van der Waals surface area contributed by atoms with E-state index in [4.69, 9.17) is 19.8 Å². The Morgan fingerprint density at radius 2 is 1.76 bits per heavy atom. The number of methoxy groups -OCH3 is 1. The molecule has 0 bridgehead atoms. The van der Waals surface area contributed by atoms with Crippen LogP contribution in [0.3, 0.4) is 0 Å². The smallest absolute Gasteiger partial charge is 0.356 e. The molecule has 0 aliphatic carbocycles. The van der Waals surface area contributed by atoms with Crippen molar-refractivity contribution in [3.8, 4) is 0 Å². The zero-order valence-electron chi connectivity index (χ0n) is 26.6. The maximum atomic E-state index is 14.3. The number of nitrogens with one attached hydrogen (secondary N) is 1. The molecule has 2 atom stereocenters. The lowest BCUT2D eigenvalue weighted by atomic mass is 10.0. The Morgan fingerprint density at radius 1 is 1.08 bits per heavy atom. The summed E-state index contributed by atoms with van der Waals surface area (Å²) in [5.41, 5.74) is 6.82. The lowest BCUT2D eigenvalue weighted by molar-refractivity contribution is -0.154. The van der Waals surface area contributed by atoms with Crippen LogP contribution in [0.1, 0.15) is 28.7 Å². The molecule has 6 rings (SSSR count). The summed E-state index contributed by atoms with van der Waals surface area (Å²) in [5, 5.41) is 7.49. The van der Waals surface area contributed by atoms with Gasteiger partial charge in [0, 0.05) is 17.2 Å². The number of thiazole rings is 1. The molecule has 2 aromatic heterocycles. The summed E-state index contributed by atoms with van der Waals surface area (Å²) in [5.74, 6) is -2.52. The Morgan fingerprint density at radius 3 is 2.36 bits per heavy atom. The van der Waals surface area contributed by atoms with Crippen LogP contribution in [0.5, 0.6) is 0 Å². The second-order valence-corrected chi connectivity index (χ2v) is 12.9. The molecule has 2 aliphatic rings. The predicted molar refractivity (Wildman–Crippen MR) is 182 cm³/mol. The minimum atomic E-state index is -1.05. The number of amides is 2. The highest BCUT2D eigenvalue weighted by atomic mass is 32.2. The fourth-order valence-corrected chi connectivity index (χ4v) is 7.33. The van der Waals surface area contributed by atoms with E-state index >= 15 is 0 Å². The number of nitrogens with zero attached hydrogens (tertiary/aromatic N) is 4. The van der Waals surface area contributed by atoms with Crippen molar-refractivity contribution in [1.29, 1.82) is 0 Å². The number of fused-ring (bicyclic) bond motifs is 1. The summed E-state index contributed by atoms with van der Waals surface area (Å²) < 4.78 is 17.4. The minimum absolute atomic E-state index is 0.0688. The molecular formula is C33H30N6O9S2. The van der Waals surface area contributed by atoms with Gasteiger partial charge in [0.05, 0.1) is 13.7 Å². The van der Waals surface area contributed by atoms with Gasteiger partial charge in [-0.15, -0.1) is 23.1 Å². The van der Waals surface area contributed by atoms with E-state index in [0.29, 0.717) is 16.7 Å². The van der Waals surface area contributed by atoms with Gasteiger partial charge in [0.1, 0.15) is 42.1 Å². The summed E-state index contributed by atoms with van der Waals surface area (Å²) in [7, 11) is 2.48. The van der Waals surface area contributed by atoms with E-state index in [1.54, 1.807) is 0 Å². The van der Waals surface area contributed by atoms with Gasteiger partial charge in [0.15, 0.2) is 16.9 Å². The lowest BCUT2D eigenvalue weighted by Gasteiger charge is -2.49. The molecule has 4 aromatic rings. The standard InChI is InChI=1S/C33H30N6O9S2/c1-45-24(41)14-21-13-23(40)38(48-21)15-20-16-49-31-26(36-29(42)25(37-46-2)22-17-50-33(34)35-22)30(43)39(31)27(20)32(44)47-28(18-9-5-3-6-10-18)19-11-7-4-8-12-19/h3-13,17,26,28,31H,14-16H2,1-2H3,(H2,34,35)(H,36,42)/b37-25-/t26?,31-/m1/s1. The number of ether oxygens (including phenoxy) is 2. The first-order chi connectivity index (χ1) is 24.2. The average molecular weight is 719 g/mol. The van der Waals surface area contributed by atoms with Gasteiger partial charge in [-0.1, -0.05) is 65.8 Å². The van der Waals surface area contributed by atoms with Crippen LogP contribution >= 0.6 is 23.1 Å². The van der Waals surface area contributed by atoms with E-state index < -0.39 is 46.8 Å². The van der Waals surface area contributed by atoms with Crippen molar-refractivity contribution in [2.24, 2.45) is 5.16 Å². The van der Waals surface area contributed by atoms with Gasteiger partial charge in [-0.3, -0.25) is 24.1 Å². The second kappa shape index (κ2) is 14.8. The number of hydrogen-bond donors (Lipinski definition) is 2. The molecule has 4 heterocycles. The molecule has 0 spiro atoms. The number of thioether (sulfide) groups is 1. The summed E-state index contributed by atoms with van der Waals surface area (Å²) >= 11 is 2.37. The minimum Gasteiger partial charge on any atom is -0.469 e. The third kappa shape index (κ3) is 7.04. The van der Waals surface area contributed by atoms with Crippen molar-refractivity contribution < 1.29 is 38.0 Å². The molecule has 2 aromatic carbocycles. The third-order valence-electron chi connectivity index (χ3n) is 7.76. The largest absolute Gasteiger partial charge is 0.469 e. The van der Waals surface area contributed by atoms with Crippen LogP contribution in [0.25, 0.3) is 0 Å². The number of nitrogen functional groups attached to an aromatic ring is 1. The summed E-state index contributed by atoms with van der Waals surface area (Å²) in [6, 6.07) is 18.3. The van der Waals surface area contributed by atoms with E-state index in [1.165, 1.54) is 36.3 Å². The van der Waals surface area contributed by atoms with Gasteiger partial charge in [-0.2, -0.15) is 4.74 Å². The molecule has 258 valence electrons. The Balaban J connectivity index is 1.33. The van der Waals surface area contributed by atoms with Gasteiger partial charge < -0.3 is 29.9 Å². The molecule has 17 heteroatoms. The van der Waals surface area contributed by atoms with Crippen molar-refractivity contribution in [3.63, 3.8) is 0 Å². The van der Waals surface area contributed by atoms with E-state index in [2.05, 4.69) is 20.2 Å². The van der Waals surface area contributed by atoms with E-state index in [0.717, 1.165) is 22.1 Å². The number of rotatable bonds is 12. The number of benzene rings is 2. The first kappa shape index (κ1) is 34.2. The quantitative estimate of drug-likeness (QED) is 0.0939. The zero-order valence-corrected chi connectivity index (χ0v) is 28.3. The second-order valence-electron chi connectivity index (χ2n) is 10.9. The highest BCUT2D eigenvalue weighted by Crippen LogP contribution is 2.42. The molecule has 1 unspecified atom stereocenters. The molecule has 1 fully saturated rings. The summed E-state index contributed by atoms with van der Waals surface area (Å²) in [6.07, 6.45) is -1.11. The van der Waals surface area contributed by atoms with Crippen molar-refractivity contribution in [3.05, 3.63) is 116 Å². The maximum absolute atomic E-state index is 14.3. The molecule has 3 N–H and O–H groups in total. The number of nitrogens with two attached hydrogens (primary N) is 1. The molecular weight excluding hydrogens is 689 g/mol.